The fourth-order valence-corrected chi connectivity index (χ4v) is 3.54. The Morgan fingerprint density at radius 1 is 1.00 bits per heavy atom. The molecule has 134 valence electrons. The van der Waals surface area contributed by atoms with Gasteiger partial charge in [-0.3, -0.25) is 4.90 Å². The maximum absolute atomic E-state index is 12.4. The van der Waals surface area contributed by atoms with Crippen LogP contribution in [-0.4, -0.2) is 52.0 Å². The van der Waals surface area contributed by atoms with Crippen LogP contribution in [0.2, 0.25) is 0 Å². The summed E-state index contributed by atoms with van der Waals surface area (Å²) in [6, 6.07) is 12.6. The first-order chi connectivity index (χ1) is 11.9. The van der Waals surface area contributed by atoms with E-state index >= 15 is 0 Å². The zero-order valence-electron chi connectivity index (χ0n) is 14.0. The summed E-state index contributed by atoms with van der Waals surface area (Å²) < 4.78 is 34.9. The molecule has 2 aromatic rings. The second-order valence-corrected chi connectivity index (χ2v) is 7.27. The van der Waals surface area contributed by atoms with Crippen LogP contribution in [0.3, 0.4) is 0 Å². The van der Waals surface area contributed by atoms with Crippen LogP contribution in [0.4, 0.5) is 5.69 Å². The SMILES string of the molecule is COc1ccc(OS(=O)(=O)c2ccc(N3CCN(C)C3O)cc2)cc1. The van der Waals surface area contributed by atoms with Crippen LogP contribution < -0.4 is 13.8 Å². The van der Waals surface area contributed by atoms with Gasteiger partial charge in [0.1, 0.15) is 16.4 Å². The molecule has 8 heteroatoms. The Hall–Kier alpha value is -2.29. The van der Waals surface area contributed by atoms with Crippen molar-refractivity contribution in [2.24, 2.45) is 0 Å². The smallest absolute Gasteiger partial charge is 0.339 e. The van der Waals surface area contributed by atoms with Crippen molar-refractivity contribution >= 4 is 15.8 Å². The van der Waals surface area contributed by atoms with Gasteiger partial charge in [-0.25, -0.2) is 0 Å². The third-order valence-electron chi connectivity index (χ3n) is 4.09. The predicted octanol–water partition coefficient (Wildman–Crippen LogP) is 1.49. The van der Waals surface area contributed by atoms with Gasteiger partial charge in [0.05, 0.1) is 7.11 Å². The van der Waals surface area contributed by atoms with E-state index in [0.717, 1.165) is 12.2 Å². The van der Waals surface area contributed by atoms with Crippen molar-refractivity contribution in [3.8, 4) is 11.5 Å². The van der Waals surface area contributed by atoms with Gasteiger partial charge in [0.15, 0.2) is 6.35 Å². The Kier molecular flexibility index (Phi) is 4.85. The number of benzene rings is 2. The second kappa shape index (κ2) is 6.91. The van der Waals surface area contributed by atoms with Crippen LogP contribution in [0.15, 0.2) is 53.4 Å². The quantitative estimate of drug-likeness (QED) is 0.805. The molecule has 7 nitrogen and oxygen atoms in total. The number of aliphatic hydroxyl groups excluding tert-OH is 1. The summed E-state index contributed by atoms with van der Waals surface area (Å²) in [6.45, 7) is 1.41. The van der Waals surface area contributed by atoms with E-state index in [4.69, 9.17) is 8.92 Å². The Labute approximate surface area is 147 Å². The van der Waals surface area contributed by atoms with Gasteiger partial charge in [0.2, 0.25) is 0 Å². The molecule has 1 saturated heterocycles. The van der Waals surface area contributed by atoms with Crippen LogP contribution in [-0.2, 0) is 10.1 Å². The number of nitrogens with zero attached hydrogens (tertiary/aromatic N) is 2. The van der Waals surface area contributed by atoms with Gasteiger partial charge in [-0.1, -0.05) is 0 Å². The summed E-state index contributed by atoms with van der Waals surface area (Å²) in [5.41, 5.74) is 0.750. The van der Waals surface area contributed by atoms with Crippen molar-refractivity contribution < 1.29 is 22.4 Å². The van der Waals surface area contributed by atoms with Crippen LogP contribution in [0.1, 0.15) is 0 Å². The van der Waals surface area contributed by atoms with Gasteiger partial charge >= 0.3 is 10.1 Å². The lowest BCUT2D eigenvalue weighted by Crippen LogP contribution is -2.36. The topological polar surface area (TPSA) is 79.3 Å². The molecule has 0 aliphatic carbocycles. The van der Waals surface area contributed by atoms with Crippen molar-refractivity contribution in [3.63, 3.8) is 0 Å². The fraction of sp³-hybridized carbons (Fsp3) is 0.294. The van der Waals surface area contributed by atoms with Crippen molar-refractivity contribution in [1.29, 1.82) is 0 Å². The standard InChI is InChI=1S/C17H20N2O5S/c1-18-11-12-19(17(18)20)13-3-9-16(10-4-13)25(21,22)24-15-7-5-14(23-2)6-8-15/h3-10,17,20H,11-12H2,1-2H3. The molecule has 0 spiro atoms. The average Bonchev–Trinajstić information content (AvgIpc) is 2.94. The van der Waals surface area contributed by atoms with E-state index in [0.29, 0.717) is 12.3 Å². The fourth-order valence-electron chi connectivity index (χ4n) is 2.61. The molecule has 1 heterocycles. The number of hydrogen-bond acceptors (Lipinski definition) is 7. The summed E-state index contributed by atoms with van der Waals surface area (Å²) >= 11 is 0. The number of ether oxygens (including phenoxy) is 1. The van der Waals surface area contributed by atoms with E-state index in [1.807, 2.05) is 7.05 Å². The predicted molar refractivity (Wildman–Crippen MR) is 93.2 cm³/mol. The van der Waals surface area contributed by atoms with E-state index in [9.17, 15) is 13.5 Å². The molecule has 1 N–H and O–H groups in total. The second-order valence-electron chi connectivity index (χ2n) is 5.73. The summed E-state index contributed by atoms with van der Waals surface area (Å²) in [6.07, 6.45) is -0.710. The minimum atomic E-state index is -3.93. The molecular formula is C17H20N2O5S. The lowest BCUT2D eigenvalue weighted by Gasteiger charge is -2.24. The van der Waals surface area contributed by atoms with Crippen molar-refractivity contribution in [2.45, 2.75) is 11.2 Å². The Morgan fingerprint density at radius 3 is 2.12 bits per heavy atom. The van der Waals surface area contributed by atoms with Gasteiger partial charge in [-0.15, -0.1) is 0 Å². The molecule has 0 radical (unpaired) electrons. The van der Waals surface area contributed by atoms with Gasteiger partial charge in [0, 0.05) is 18.8 Å². The third-order valence-corrected chi connectivity index (χ3v) is 5.35. The summed E-state index contributed by atoms with van der Waals surface area (Å²) in [7, 11) is -0.573. The molecule has 1 atom stereocenters. The Morgan fingerprint density at radius 2 is 1.60 bits per heavy atom. The number of rotatable bonds is 5. The van der Waals surface area contributed by atoms with E-state index in [1.54, 1.807) is 34.1 Å². The summed E-state index contributed by atoms with van der Waals surface area (Å²) in [5, 5.41) is 10.1. The monoisotopic (exact) mass is 364 g/mol. The van der Waals surface area contributed by atoms with Crippen molar-refractivity contribution in [3.05, 3.63) is 48.5 Å². The minimum absolute atomic E-state index is 0.0501. The number of anilines is 1. The van der Waals surface area contributed by atoms with Gasteiger partial charge < -0.3 is 18.9 Å². The highest BCUT2D eigenvalue weighted by Gasteiger charge is 2.27. The van der Waals surface area contributed by atoms with Crippen LogP contribution in [0.5, 0.6) is 11.5 Å². The minimum Gasteiger partial charge on any atom is -0.497 e. The van der Waals surface area contributed by atoms with Crippen LogP contribution in [0.25, 0.3) is 0 Å². The maximum Gasteiger partial charge on any atom is 0.339 e. The molecule has 1 fully saturated rings. The largest absolute Gasteiger partial charge is 0.497 e. The van der Waals surface area contributed by atoms with E-state index in [-0.39, 0.29) is 10.6 Å². The van der Waals surface area contributed by atoms with Gasteiger partial charge in [-0.05, 0) is 55.6 Å². The molecule has 2 aromatic carbocycles. The van der Waals surface area contributed by atoms with Crippen molar-refractivity contribution in [2.75, 3.05) is 32.1 Å². The van der Waals surface area contributed by atoms with E-state index < -0.39 is 16.5 Å². The number of methoxy groups -OCH3 is 1. The molecule has 0 saturated carbocycles. The van der Waals surface area contributed by atoms with Crippen molar-refractivity contribution in [1.82, 2.24) is 4.90 Å². The number of aliphatic hydroxyl groups is 1. The zero-order chi connectivity index (χ0) is 18.0. The molecule has 1 aliphatic rings. The zero-order valence-corrected chi connectivity index (χ0v) is 14.8. The molecule has 0 amide bonds. The van der Waals surface area contributed by atoms with Gasteiger partial charge in [-0.2, -0.15) is 8.42 Å². The molecule has 3 rings (SSSR count). The Balaban J connectivity index is 1.76. The van der Waals surface area contributed by atoms with Gasteiger partial charge in [0.25, 0.3) is 0 Å². The third kappa shape index (κ3) is 3.71. The number of hydrogen-bond donors (Lipinski definition) is 1. The van der Waals surface area contributed by atoms with Crippen LogP contribution in [0, 0.1) is 0 Å². The Bertz CT molecular complexity index is 821. The average molecular weight is 364 g/mol. The highest BCUT2D eigenvalue weighted by atomic mass is 32.2. The highest BCUT2D eigenvalue weighted by molar-refractivity contribution is 7.87. The molecule has 1 aliphatic heterocycles. The molecular weight excluding hydrogens is 344 g/mol. The molecule has 1 unspecified atom stereocenters. The first-order valence-corrected chi connectivity index (χ1v) is 9.15. The lowest BCUT2D eigenvalue weighted by molar-refractivity contribution is 0.0590. The maximum atomic E-state index is 12.4. The first-order valence-electron chi connectivity index (χ1n) is 7.74. The molecule has 25 heavy (non-hydrogen) atoms. The molecule has 0 bridgehead atoms. The first kappa shape index (κ1) is 17.5. The van der Waals surface area contributed by atoms with Crippen LogP contribution >= 0.6 is 0 Å². The summed E-state index contributed by atoms with van der Waals surface area (Å²) in [4.78, 5) is 3.65. The van der Waals surface area contributed by atoms with E-state index in [2.05, 4.69) is 0 Å². The van der Waals surface area contributed by atoms with E-state index in [1.165, 1.54) is 31.4 Å². The number of likely N-dealkylation sites (N-methyl/N-ethyl adjacent to an activating group) is 1. The molecule has 0 aromatic heterocycles. The summed E-state index contributed by atoms with van der Waals surface area (Å²) in [5.74, 6) is 0.824. The highest BCUT2D eigenvalue weighted by Crippen LogP contribution is 2.25. The lowest BCUT2D eigenvalue weighted by atomic mass is 10.3. The normalized spacial score (nSPS) is 18.4.